The van der Waals surface area contributed by atoms with E-state index in [2.05, 4.69) is 5.32 Å². The van der Waals surface area contributed by atoms with Crippen LogP contribution in [0.15, 0.2) is 0 Å². The monoisotopic (exact) mass is 276 g/mol. The van der Waals surface area contributed by atoms with Crippen LogP contribution in [0.2, 0.25) is 0 Å². The van der Waals surface area contributed by atoms with Crippen molar-refractivity contribution in [1.82, 2.24) is 10.2 Å². The Morgan fingerprint density at radius 1 is 1.05 bits per heavy atom. The van der Waals surface area contributed by atoms with Gasteiger partial charge in [-0.15, -0.1) is 0 Å². The van der Waals surface area contributed by atoms with Gasteiger partial charge in [-0.1, -0.05) is 0 Å². The molecule has 0 spiro atoms. The van der Waals surface area contributed by atoms with Gasteiger partial charge in [0.15, 0.2) is 0 Å². The number of likely N-dealkylation sites (tertiary alicyclic amines) is 1. The first-order valence-electron chi connectivity index (χ1n) is 7.54. The van der Waals surface area contributed by atoms with Crippen molar-refractivity contribution in [3.8, 4) is 0 Å². The summed E-state index contributed by atoms with van der Waals surface area (Å²) in [6, 6.07) is 0.664. The van der Waals surface area contributed by atoms with Crippen LogP contribution >= 0.6 is 0 Å². The summed E-state index contributed by atoms with van der Waals surface area (Å²) in [5.74, 6) is 2.13. The Labute approximate surface area is 112 Å². The zero-order valence-electron chi connectivity index (χ0n) is 11.3. The van der Waals surface area contributed by atoms with Crippen LogP contribution < -0.4 is 5.32 Å². The summed E-state index contributed by atoms with van der Waals surface area (Å²) in [5.41, 5.74) is 0. The standard InChI is InChI=1S/C14H23F3N2/c15-14(16,17)9-19-6-5-10(8-19)7-18-13(11-1-2-11)12-3-4-12/h10-13,18H,1-9H2. The van der Waals surface area contributed by atoms with E-state index in [4.69, 9.17) is 0 Å². The van der Waals surface area contributed by atoms with Gasteiger partial charge < -0.3 is 5.32 Å². The molecule has 0 aromatic rings. The van der Waals surface area contributed by atoms with E-state index in [0.717, 1.165) is 24.8 Å². The molecule has 3 fully saturated rings. The maximum absolute atomic E-state index is 12.3. The van der Waals surface area contributed by atoms with Crippen molar-refractivity contribution in [2.24, 2.45) is 17.8 Å². The van der Waals surface area contributed by atoms with Gasteiger partial charge in [0.05, 0.1) is 6.54 Å². The molecule has 3 rings (SSSR count). The molecule has 0 aromatic heterocycles. The molecule has 1 aliphatic heterocycles. The molecule has 1 saturated heterocycles. The minimum absolute atomic E-state index is 0.405. The number of hydrogen-bond acceptors (Lipinski definition) is 2. The minimum Gasteiger partial charge on any atom is -0.313 e. The van der Waals surface area contributed by atoms with Crippen LogP contribution in [0.5, 0.6) is 0 Å². The van der Waals surface area contributed by atoms with Gasteiger partial charge in [-0.3, -0.25) is 4.90 Å². The van der Waals surface area contributed by atoms with Crippen LogP contribution in [0, 0.1) is 17.8 Å². The molecule has 110 valence electrons. The zero-order valence-corrected chi connectivity index (χ0v) is 11.3. The van der Waals surface area contributed by atoms with Crippen LogP contribution in [-0.2, 0) is 0 Å². The van der Waals surface area contributed by atoms with Gasteiger partial charge in [-0.05, 0) is 62.9 Å². The molecule has 1 N–H and O–H groups in total. The smallest absolute Gasteiger partial charge is 0.313 e. The Morgan fingerprint density at radius 2 is 1.68 bits per heavy atom. The Balaban J connectivity index is 1.39. The summed E-state index contributed by atoms with van der Waals surface area (Å²) in [6.07, 6.45) is 2.24. The highest BCUT2D eigenvalue weighted by atomic mass is 19.4. The van der Waals surface area contributed by atoms with Crippen molar-refractivity contribution in [2.45, 2.75) is 44.3 Å². The Hall–Kier alpha value is -0.290. The number of hydrogen-bond donors (Lipinski definition) is 1. The Morgan fingerprint density at radius 3 is 2.21 bits per heavy atom. The molecule has 2 saturated carbocycles. The fraction of sp³-hybridized carbons (Fsp3) is 1.00. The van der Waals surface area contributed by atoms with Crippen LogP contribution in [0.3, 0.4) is 0 Å². The topological polar surface area (TPSA) is 15.3 Å². The number of nitrogens with one attached hydrogen (secondary N) is 1. The molecule has 0 bridgehead atoms. The van der Waals surface area contributed by atoms with Gasteiger partial charge in [-0.25, -0.2) is 0 Å². The molecule has 2 aliphatic carbocycles. The lowest BCUT2D eigenvalue weighted by Crippen LogP contribution is -2.38. The molecular formula is C14H23F3N2. The number of nitrogens with zero attached hydrogens (tertiary/aromatic N) is 1. The average Bonchev–Trinajstić information content (AvgIpc) is 3.18. The fourth-order valence-corrected chi connectivity index (χ4v) is 3.41. The van der Waals surface area contributed by atoms with E-state index in [1.165, 1.54) is 25.7 Å². The van der Waals surface area contributed by atoms with Crippen molar-refractivity contribution >= 4 is 0 Å². The lowest BCUT2D eigenvalue weighted by Gasteiger charge is -2.21. The fourth-order valence-electron chi connectivity index (χ4n) is 3.41. The van der Waals surface area contributed by atoms with Crippen molar-refractivity contribution in [3.05, 3.63) is 0 Å². The van der Waals surface area contributed by atoms with Crippen LogP contribution in [0.1, 0.15) is 32.1 Å². The van der Waals surface area contributed by atoms with Gasteiger partial charge >= 0.3 is 6.18 Å². The normalized spacial score (nSPS) is 29.4. The van der Waals surface area contributed by atoms with Crippen LogP contribution in [0.4, 0.5) is 13.2 Å². The Kier molecular flexibility index (Phi) is 3.78. The third-order valence-electron chi connectivity index (χ3n) is 4.67. The van der Waals surface area contributed by atoms with E-state index in [1.54, 1.807) is 4.90 Å². The number of rotatable bonds is 6. The third kappa shape index (κ3) is 4.09. The van der Waals surface area contributed by atoms with E-state index < -0.39 is 12.7 Å². The number of alkyl halides is 3. The van der Waals surface area contributed by atoms with Crippen molar-refractivity contribution in [2.75, 3.05) is 26.2 Å². The summed E-state index contributed by atoms with van der Waals surface area (Å²) in [7, 11) is 0. The Bertz CT molecular complexity index is 298. The molecule has 19 heavy (non-hydrogen) atoms. The molecule has 0 amide bonds. The average molecular weight is 276 g/mol. The van der Waals surface area contributed by atoms with Gasteiger partial charge in [-0.2, -0.15) is 13.2 Å². The second-order valence-corrected chi connectivity index (χ2v) is 6.61. The van der Waals surface area contributed by atoms with Gasteiger partial charge in [0.1, 0.15) is 0 Å². The molecule has 1 unspecified atom stereocenters. The number of halogens is 3. The largest absolute Gasteiger partial charge is 0.401 e. The second kappa shape index (κ2) is 5.24. The first kappa shape index (κ1) is 13.7. The SMILES string of the molecule is FC(F)(F)CN1CCC(CNC(C2CC2)C2CC2)C1. The highest BCUT2D eigenvalue weighted by Crippen LogP contribution is 2.44. The van der Waals surface area contributed by atoms with Gasteiger partial charge in [0.25, 0.3) is 0 Å². The lowest BCUT2D eigenvalue weighted by atomic mass is 10.0. The predicted octanol–water partition coefficient (Wildman–Crippen LogP) is 2.65. The molecule has 5 heteroatoms. The van der Waals surface area contributed by atoms with E-state index in [-0.39, 0.29) is 0 Å². The van der Waals surface area contributed by atoms with Gasteiger partial charge in [0.2, 0.25) is 0 Å². The third-order valence-corrected chi connectivity index (χ3v) is 4.67. The summed E-state index contributed by atoms with van der Waals surface area (Å²) in [4.78, 5) is 1.55. The molecular weight excluding hydrogens is 253 g/mol. The maximum atomic E-state index is 12.3. The van der Waals surface area contributed by atoms with Gasteiger partial charge in [0, 0.05) is 12.6 Å². The second-order valence-electron chi connectivity index (χ2n) is 6.61. The lowest BCUT2D eigenvalue weighted by molar-refractivity contribution is -0.143. The summed E-state index contributed by atoms with van der Waals surface area (Å²) in [5, 5.41) is 3.66. The first-order valence-corrected chi connectivity index (χ1v) is 7.54. The summed E-state index contributed by atoms with van der Waals surface area (Å²) in [6.45, 7) is 1.38. The predicted molar refractivity (Wildman–Crippen MR) is 67.8 cm³/mol. The van der Waals surface area contributed by atoms with Crippen LogP contribution in [0.25, 0.3) is 0 Å². The molecule has 2 nitrogen and oxygen atoms in total. The summed E-state index contributed by atoms with van der Waals surface area (Å²) >= 11 is 0. The quantitative estimate of drug-likeness (QED) is 0.802. The molecule has 1 heterocycles. The van der Waals surface area contributed by atoms with E-state index >= 15 is 0 Å². The van der Waals surface area contributed by atoms with Crippen molar-refractivity contribution in [1.29, 1.82) is 0 Å². The highest BCUT2D eigenvalue weighted by molar-refractivity contribution is 4.96. The van der Waals surface area contributed by atoms with E-state index in [1.807, 2.05) is 0 Å². The highest BCUT2D eigenvalue weighted by Gasteiger charge is 2.41. The zero-order chi connectivity index (χ0) is 13.5. The van der Waals surface area contributed by atoms with Crippen molar-refractivity contribution in [3.63, 3.8) is 0 Å². The van der Waals surface area contributed by atoms with E-state index in [9.17, 15) is 13.2 Å². The molecule has 0 radical (unpaired) electrons. The van der Waals surface area contributed by atoms with Crippen LogP contribution in [-0.4, -0.2) is 43.3 Å². The van der Waals surface area contributed by atoms with Crippen molar-refractivity contribution < 1.29 is 13.2 Å². The molecule has 0 aromatic carbocycles. The maximum Gasteiger partial charge on any atom is 0.401 e. The van der Waals surface area contributed by atoms with E-state index in [0.29, 0.717) is 25.0 Å². The molecule has 3 aliphatic rings. The first-order chi connectivity index (χ1) is 9.01. The summed E-state index contributed by atoms with van der Waals surface area (Å²) < 4.78 is 37.0. The minimum atomic E-state index is -4.05. The molecule has 1 atom stereocenters.